The van der Waals surface area contributed by atoms with Crippen LogP contribution >= 0.6 is 0 Å². The standard InChI is InChI=1S/C17H20N2O2/c1-12-3-8-15(9-16(12)21-2)17(20)19-11-14-6-4-13(10-18)5-7-14/h3-9H,10-11,18H2,1-2H3,(H,19,20). The van der Waals surface area contributed by atoms with E-state index >= 15 is 0 Å². The monoisotopic (exact) mass is 284 g/mol. The van der Waals surface area contributed by atoms with Crippen LogP contribution in [0.4, 0.5) is 0 Å². The summed E-state index contributed by atoms with van der Waals surface area (Å²) in [5.74, 6) is 0.603. The van der Waals surface area contributed by atoms with Gasteiger partial charge in [-0.15, -0.1) is 0 Å². The van der Waals surface area contributed by atoms with Crippen molar-refractivity contribution in [3.63, 3.8) is 0 Å². The molecule has 0 bridgehead atoms. The lowest BCUT2D eigenvalue weighted by Crippen LogP contribution is -2.22. The molecule has 0 heterocycles. The van der Waals surface area contributed by atoms with Crippen LogP contribution in [0.2, 0.25) is 0 Å². The molecule has 4 nitrogen and oxygen atoms in total. The molecule has 110 valence electrons. The summed E-state index contributed by atoms with van der Waals surface area (Å²) in [7, 11) is 1.60. The van der Waals surface area contributed by atoms with E-state index in [1.54, 1.807) is 19.2 Å². The van der Waals surface area contributed by atoms with Crippen LogP contribution in [-0.4, -0.2) is 13.0 Å². The zero-order valence-electron chi connectivity index (χ0n) is 12.3. The molecule has 0 aliphatic carbocycles. The van der Waals surface area contributed by atoms with Crippen molar-refractivity contribution in [1.82, 2.24) is 5.32 Å². The lowest BCUT2D eigenvalue weighted by atomic mass is 10.1. The second kappa shape index (κ2) is 6.90. The van der Waals surface area contributed by atoms with E-state index in [0.29, 0.717) is 18.7 Å². The molecule has 3 N–H and O–H groups in total. The lowest BCUT2D eigenvalue weighted by molar-refractivity contribution is 0.0950. The summed E-state index contributed by atoms with van der Waals surface area (Å²) in [5.41, 5.74) is 9.27. The normalized spacial score (nSPS) is 10.2. The predicted octanol–water partition coefficient (Wildman–Crippen LogP) is 2.39. The maximum Gasteiger partial charge on any atom is 0.251 e. The van der Waals surface area contributed by atoms with E-state index in [-0.39, 0.29) is 5.91 Å². The molecule has 0 aliphatic heterocycles. The fourth-order valence-corrected chi connectivity index (χ4v) is 2.04. The average molecular weight is 284 g/mol. The van der Waals surface area contributed by atoms with Gasteiger partial charge in [0.1, 0.15) is 5.75 Å². The molecule has 1 amide bonds. The Morgan fingerprint density at radius 1 is 1.14 bits per heavy atom. The molecule has 4 heteroatoms. The number of nitrogens with one attached hydrogen (secondary N) is 1. The van der Waals surface area contributed by atoms with E-state index in [4.69, 9.17) is 10.5 Å². The maximum atomic E-state index is 12.1. The average Bonchev–Trinajstić information content (AvgIpc) is 2.53. The molecule has 0 spiro atoms. The van der Waals surface area contributed by atoms with Crippen molar-refractivity contribution in [3.05, 3.63) is 64.7 Å². The molecule has 0 saturated heterocycles. The number of methoxy groups -OCH3 is 1. The van der Waals surface area contributed by atoms with Crippen LogP contribution in [-0.2, 0) is 13.1 Å². The highest BCUT2D eigenvalue weighted by atomic mass is 16.5. The van der Waals surface area contributed by atoms with Gasteiger partial charge < -0.3 is 15.8 Å². The SMILES string of the molecule is COc1cc(C(=O)NCc2ccc(CN)cc2)ccc1C. The molecular weight excluding hydrogens is 264 g/mol. The maximum absolute atomic E-state index is 12.1. The fraction of sp³-hybridized carbons (Fsp3) is 0.235. The summed E-state index contributed by atoms with van der Waals surface area (Å²) in [4.78, 5) is 12.1. The van der Waals surface area contributed by atoms with E-state index < -0.39 is 0 Å². The van der Waals surface area contributed by atoms with E-state index in [0.717, 1.165) is 22.4 Å². The zero-order chi connectivity index (χ0) is 15.2. The number of rotatable bonds is 5. The highest BCUT2D eigenvalue weighted by Crippen LogP contribution is 2.18. The van der Waals surface area contributed by atoms with Crippen molar-refractivity contribution < 1.29 is 9.53 Å². The molecule has 0 aromatic heterocycles. The van der Waals surface area contributed by atoms with Gasteiger partial charge in [0.25, 0.3) is 5.91 Å². The van der Waals surface area contributed by atoms with Gasteiger partial charge in [0.15, 0.2) is 0 Å². The van der Waals surface area contributed by atoms with E-state index in [2.05, 4.69) is 5.32 Å². The highest BCUT2D eigenvalue weighted by Gasteiger charge is 2.08. The smallest absolute Gasteiger partial charge is 0.251 e. The number of nitrogens with two attached hydrogens (primary N) is 1. The van der Waals surface area contributed by atoms with Gasteiger partial charge >= 0.3 is 0 Å². The fourth-order valence-electron chi connectivity index (χ4n) is 2.04. The Labute approximate surface area is 124 Å². The van der Waals surface area contributed by atoms with Crippen molar-refractivity contribution in [2.75, 3.05) is 7.11 Å². The van der Waals surface area contributed by atoms with Crippen molar-refractivity contribution >= 4 is 5.91 Å². The molecule has 0 unspecified atom stereocenters. The Morgan fingerprint density at radius 3 is 2.43 bits per heavy atom. The van der Waals surface area contributed by atoms with Crippen LogP contribution < -0.4 is 15.8 Å². The van der Waals surface area contributed by atoms with Crippen molar-refractivity contribution in [2.24, 2.45) is 5.73 Å². The molecule has 0 saturated carbocycles. The first-order valence-corrected chi connectivity index (χ1v) is 6.84. The Balaban J connectivity index is 2.00. The molecule has 2 aromatic carbocycles. The first kappa shape index (κ1) is 15.1. The van der Waals surface area contributed by atoms with Gasteiger partial charge in [-0.2, -0.15) is 0 Å². The zero-order valence-corrected chi connectivity index (χ0v) is 12.3. The van der Waals surface area contributed by atoms with Crippen LogP contribution in [0.3, 0.4) is 0 Å². The van der Waals surface area contributed by atoms with Gasteiger partial charge in [-0.25, -0.2) is 0 Å². The van der Waals surface area contributed by atoms with Gasteiger partial charge in [0.05, 0.1) is 7.11 Å². The molecule has 0 radical (unpaired) electrons. The lowest BCUT2D eigenvalue weighted by Gasteiger charge is -2.09. The Morgan fingerprint density at radius 2 is 1.81 bits per heavy atom. The van der Waals surface area contributed by atoms with Crippen molar-refractivity contribution in [2.45, 2.75) is 20.0 Å². The Hall–Kier alpha value is -2.33. The number of benzene rings is 2. The summed E-state index contributed by atoms with van der Waals surface area (Å²) in [6, 6.07) is 13.3. The molecule has 2 aromatic rings. The first-order valence-electron chi connectivity index (χ1n) is 6.84. The molecule has 0 atom stereocenters. The number of carbonyl (C=O) groups excluding carboxylic acids is 1. The second-order valence-electron chi connectivity index (χ2n) is 4.89. The number of ether oxygens (including phenoxy) is 1. The third-order valence-corrected chi connectivity index (χ3v) is 3.38. The number of hydrogen-bond acceptors (Lipinski definition) is 3. The largest absolute Gasteiger partial charge is 0.496 e. The van der Waals surface area contributed by atoms with Gasteiger partial charge in [-0.1, -0.05) is 30.3 Å². The number of aryl methyl sites for hydroxylation is 1. The molecule has 21 heavy (non-hydrogen) atoms. The minimum atomic E-state index is -0.115. The predicted molar refractivity (Wildman–Crippen MR) is 83.2 cm³/mol. The van der Waals surface area contributed by atoms with E-state index in [1.165, 1.54) is 0 Å². The Kier molecular flexibility index (Phi) is 4.95. The summed E-state index contributed by atoms with van der Waals surface area (Å²) in [5, 5.41) is 2.90. The van der Waals surface area contributed by atoms with Crippen LogP contribution in [0.5, 0.6) is 5.75 Å². The topological polar surface area (TPSA) is 64.3 Å². The first-order chi connectivity index (χ1) is 10.1. The van der Waals surface area contributed by atoms with Crippen molar-refractivity contribution in [3.8, 4) is 5.75 Å². The van der Waals surface area contributed by atoms with Gasteiger partial charge in [-0.3, -0.25) is 4.79 Å². The minimum Gasteiger partial charge on any atom is -0.496 e. The molecule has 0 fully saturated rings. The van der Waals surface area contributed by atoms with Crippen LogP contribution in [0.25, 0.3) is 0 Å². The number of amides is 1. The van der Waals surface area contributed by atoms with Gasteiger partial charge in [-0.05, 0) is 35.7 Å². The van der Waals surface area contributed by atoms with Gasteiger partial charge in [0.2, 0.25) is 0 Å². The second-order valence-corrected chi connectivity index (χ2v) is 4.89. The van der Waals surface area contributed by atoms with Crippen molar-refractivity contribution in [1.29, 1.82) is 0 Å². The number of carbonyl (C=O) groups is 1. The van der Waals surface area contributed by atoms with Crippen LogP contribution in [0, 0.1) is 6.92 Å². The quantitative estimate of drug-likeness (QED) is 0.886. The Bertz CT molecular complexity index is 621. The molecule has 2 rings (SSSR count). The summed E-state index contributed by atoms with van der Waals surface area (Å²) >= 11 is 0. The van der Waals surface area contributed by atoms with Gasteiger partial charge in [0, 0.05) is 18.7 Å². The number of hydrogen-bond donors (Lipinski definition) is 2. The summed E-state index contributed by atoms with van der Waals surface area (Å²) in [6.45, 7) is 2.95. The highest BCUT2D eigenvalue weighted by molar-refractivity contribution is 5.94. The third-order valence-electron chi connectivity index (χ3n) is 3.38. The van der Waals surface area contributed by atoms with E-state index in [1.807, 2.05) is 37.3 Å². The minimum absolute atomic E-state index is 0.115. The summed E-state index contributed by atoms with van der Waals surface area (Å²) in [6.07, 6.45) is 0. The van der Waals surface area contributed by atoms with Crippen LogP contribution in [0.1, 0.15) is 27.0 Å². The third kappa shape index (κ3) is 3.83. The van der Waals surface area contributed by atoms with E-state index in [9.17, 15) is 4.79 Å². The molecular formula is C17H20N2O2. The molecule has 0 aliphatic rings. The van der Waals surface area contributed by atoms with Crippen LogP contribution in [0.15, 0.2) is 42.5 Å². The summed E-state index contributed by atoms with van der Waals surface area (Å²) < 4.78 is 5.23.